The molecule has 0 N–H and O–H groups in total. The Morgan fingerprint density at radius 3 is 2.48 bits per heavy atom. The van der Waals surface area contributed by atoms with Gasteiger partial charge in [0, 0.05) is 30.3 Å². The summed E-state index contributed by atoms with van der Waals surface area (Å²) in [6, 6.07) is 7.79. The summed E-state index contributed by atoms with van der Waals surface area (Å²) < 4.78 is 64.4. The Hall–Kier alpha value is -2.68. The average Bonchev–Trinajstić information content (AvgIpc) is 3.00. The summed E-state index contributed by atoms with van der Waals surface area (Å²) in [6.07, 6.45) is 1.06. The Balaban J connectivity index is 2.19. The predicted molar refractivity (Wildman–Crippen MR) is 84.8 cm³/mol. The molecule has 0 spiro atoms. The summed E-state index contributed by atoms with van der Waals surface area (Å²) in [5.41, 5.74) is 0.437. The highest BCUT2D eigenvalue weighted by Gasteiger charge is 2.20. The first-order valence-corrected chi connectivity index (χ1v) is 8.95. The molecular weight excluding hydrogens is 355 g/mol. The third kappa shape index (κ3) is 3.41. The van der Waals surface area contributed by atoms with E-state index in [0.717, 1.165) is 23.1 Å². The molecule has 2 aromatic heterocycles. The molecule has 25 heavy (non-hydrogen) atoms. The van der Waals surface area contributed by atoms with E-state index in [2.05, 4.69) is 10.1 Å². The maximum absolute atomic E-state index is 14.2. The number of benzene rings is 1. The number of halogens is 3. The number of aromatic nitrogens is 3. The number of pyridine rings is 1. The van der Waals surface area contributed by atoms with Crippen molar-refractivity contribution in [3.8, 4) is 16.9 Å². The Kier molecular flexibility index (Phi) is 4.34. The standard InChI is InChI=1S/C16H12F3N3O2S/c1-25(23,24)15-5-4-11(7-12(15)17)22-14(8-13(21-22)16(18)19)10-3-2-6-20-9-10/h2-9,16H,1H3. The molecule has 1 aromatic carbocycles. The molecule has 5 nitrogen and oxygen atoms in total. The maximum atomic E-state index is 14.2. The van der Waals surface area contributed by atoms with Crippen molar-refractivity contribution in [2.75, 3.05) is 6.26 Å². The van der Waals surface area contributed by atoms with Crippen LogP contribution in [0, 0.1) is 5.82 Å². The fourth-order valence-corrected chi connectivity index (χ4v) is 3.07. The van der Waals surface area contributed by atoms with Gasteiger partial charge in [0.25, 0.3) is 6.43 Å². The van der Waals surface area contributed by atoms with Gasteiger partial charge in [-0.3, -0.25) is 4.98 Å². The molecule has 3 rings (SSSR count). The molecule has 0 unspecified atom stereocenters. The minimum atomic E-state index is -3.74. The molecule has 0 saturated heterocycles. The number of hydrogen-bond donors (Lipinski definition) is 0. The van der Waals surface area contributed by atoms with E-state index in [1.807, 2.05) is 0 Å². The SMILES string of the molecule is CS(=O)(=O)c1ccc(-n2nc(C(F)F)cc2-c2cccnc2)cc1F. The summed E-state index contributed by atoms with van der Waals surface area (Å²) in [4.78, 5) is 3.46. The first-order valence-electron chi connectivity index (χ1n) is 7.06. The smallest absolute Gasteiger partial charge is 0.264 e. The second-order valence-corrected chi connectivity index (χ2v) is 7.28. The minimum Gasteiger partial charge on any atom is -0.264 e. The summed E-state index contributed by atoms with van der Waals surface area (Å²) in [5.74, 6) is -0.980. The lowest BCUT2D eigenvalue weighted by atomic mass is 10.2. The molecule has 0 aliphatic carbocycles. The van der Waals surface area contributed by atoms with Gasteiger partial charge in [-0.1, -0.05) is 0 Å². The lowest BCUT2D eigenvalue weighted by Gasteiger charge is -2.09. The van der Waals surface area contributed by atoms with E-state index < -0.39 is 32.7 Å². The molecule has 0 aliphatic rings. The van der Waals surface area contributed by atoms with Gasteiger partial charge in [0.15, 0.2) is 9.84 Å². The van der Waals surface area contributed by atoms with Crippen LogP contribution < -0.4 is 0 Å². The van der Waals surface area contributed by atoms with Crippen LogP contribution in [0.25, 0.3) is 16.9 Å². The van der Waals surface area contributed by atoms with Gasteiger partial charge >= 0.3 is 0 Å². The van der Waals surface area contributed by atoms with E-state index in [1.54, 1.807) is 12.1 Å². The molecule has 0 saturated carbocycles. The molecule has 3 aromatic rings. The van der Waals surface area contributed by atoms with Crippen LogP contribution in [0.15, 0.2) is 53.7 Å². The molecule has 130 valence electrons. The first-order chi connectivity index (χ1) is 11.8. The number of alkyl halides is 2. The van der Waals surface area contributed by atoms with Crippen LogP contribution >= 0.6 is 0 Å². The van der Waals surface area contributed by atoms with Gasteiger partial charge in [0.1, 0.15) is 16.4 Å². The highest BCUT2D eigenvalue weighted by molar-refractivity contribution is 7.90. The highest BCUT2D eigenvalue weighted by atomic mass is 32.2. The third-order valence-electron chi connectivity index (χ3n) is 3.47. The van der Waals surface area contributed by atoms with Crippen LogP contribution in [0.4, 0.5) is 13.2 Å². The number of sulfone groups is 1. The second kappa shape index (κ2) is 6.32. The van der Waals surface area contributed by atoms with Crippen molar-refractivity contribution >= 4 is 9.84 Å². The molecule has 0 fully saturated rings. The van der Waals surface area contributed by atoms with Gasteiger partial charge in [-0.25, -0.2) is 26.3 Å². The van der Waals surface area contributed by atoms with Crippen molar-refractivity contribution in [2.24, 2.45) is 0 Å². The van der Waals surface area contributed by atoms with Gasteiger partial charge in [-0.05, 0) is 30.3 Å². The first kappa shape index (κ1) is 17.2. The van der Waals surface area contributed by atoms with Gasteiger partial charge in [0.05, 0.1) is 11.4 Å². The third-order valence-corrected chi connectivity index (χ3v) is 4.60. The highest BCUT2D eigenvalue weighted by Crippen LogP contribution is 2.28. The van der Waals surface area contributed by atoms with Crippen molar-refractivity contribution in [1.82, 2.24) is 14.8 Å². The van der Waals surface area contributed by atoms with E-state index >= 15 is 0 Å². The molecule has 0 bridgehead atoms. The van der Waals surface area contributed by atoms with E-state index in [1.165, 1.54) is 24.5 Å². The minimum absolute atomic E-state index is 0.121. The van der Waals surface area contributed by atoms with Gasteiger partial charge in [0.2, 0.25) is 0 Å². The van der Waals surface area contributed by atoms with Crippen molar-refractivity contribution < 1.29 is 21.6 Å². The van der Waals surface area contributed by atoms with Crippen molar-refractivity contribution in [1.29, 1.82) is 0 Å². The largest absolute Gasteiger partial charge is 0.282 e. The Bertz CT molecular complexity index is 1020. The van der Waals surface area contributed by atoms with Gasteiger partial charge in [-0.15, -0.1) is 0 Å². The zero-order valence-corrected chi connectivity index (χ0v) is 13.7. The fraction of sp³-hybridized carbons (Fsp3) is 0.125. The van der Waals surface area contributed by atoms with Crippen LogP contribution in [0.1, 0.15) is 12.1 Å². The maximum Gasteiger partial charge on any atom is 0.282 e. The summed E-state index contributed by atoms with van der Waals surface area (Å²) in [5, 5.41) is 3.81. The molecule has 0 radical (unpaired) electrons. The van der Waals surface area contributed by atoms with Crippen LogP contribution in [0.5, 0.6) is 0 Å². The second-order valence-electron chi connectivity index (χ2n) is 5.30. The van der Waals surface area contributed by atoms with Crippen LogP contribution in [0.2, 0.25) is 0 Å². The van der Waals surface area contributed by atoms with Crippen LogP contribution in [0.3, 0.4) is 0 Å². The lowest BCUT2D eigenvalue weighted by Crippen LogP contribution is -2.05. The Morgan fingerprint density at radius 1 is 1.16 bits per heavy atom. The normalized spacial score (nSPS) is 11.9. The fourth-order valence-electron chi connectivity index (χ4n) is 2.34. The van der Waals surface area contributed by atoms with Crippen molar-refractivity contribution in [2.45, 2.75) is 11.3 Å². The molecule has 2 heterocycles. The molecule has 0 atom stereocenters. The van der Waals surface area contributed by atoms with Gasteiger partial charge < -0.3 is 0 Å². The topological polar surface area (TPSA) is 64.8 Å². The summed E-state index contributed by atoms with van der Waals surface area (Å²) >= 11 is 0. The van der Waals surface area contributed by atoms with Crippen LogP contribution in [-0.2, 0) is 9.84 Å². The van der Waals surface area contributed by atoms with E-state index in [-0.39, 0.29) is 11.4 Å². The predicted octanol–water partition coefficient (Wildman–Crippen LogP) is 3.41. The monoisotopic (exact) mass is 367 g/mol. The number of hydrogen-bond acceptors (Lipinski definition) is 4. The lowest BCUT2D eigenvalue weighted by molar-refractivity contribution is 0.145. The summed E-state index contributed by atoms with van der Waals surface area (Å²) in [7, 11) is -3.74. The zero-order valence-electron chi connectivity index (χ0n) is 12.9. The number of nitrogens with zero attached hydrogens (tertiary/aromatic N) is 3. The Labute approximate surface area is 141 Å². The molecule has 0 aliphatic heterocycles. The average molecular weight is 367 g/mol. The molecular formula is C16H12F3N3O2S. The molecule has 9 heteroatoms. The van der Waals surface area contributed by atoms with Crippen LogP contribution in [-0.4, -0.2) is 29.4 Å². The van der Waals surface area contributed by atoms with E-state index in [0.29, 0.717) is 5.56 Å². The number of rotatable bonds is 4. The van der Waals surface area contributed by atoms with E-state index in [4.69, 9.17) is 0 Å². The quantitative estimate of drug-likeness (QED) is 0.709. The van der Waals surface area contributed by atoms with Gasteiger partial charge in [-0.2, -0.15) is 5.10 Å². The summed E-state index contributed by atoms with van der Waals surface area (Å²) in [6.45, 7) is 0. The van der Waals surface area contributed by atoms with Crippen molar-refractivity contribution in [3.63, 3.8) is 0 Å². The van der Waals surface area contributed by atoms with Crippen molar-refractivity contribution in [3.05, 3.63) is 60.3 Å². The molecule has 0 amide bonds. The zero-order chi connectivity index (χ0) is 18.2. The van der Waals surface area contributed by atoms with E-state index in [9.17, 15) is 21.6 Å². The Morgan fingerprint density at radius 2 is 1.92 bits per heavy atom.